The number of hydrogen-bond donors (Lipinski definition) is 3. The molecule has 0 saturated heterocycles. The first-order valence-corrected chi connectivity index (χ1v) is 7.43. The minimum atomic E-state index is -0.408. The standard InChI is InChI=1S/C14H18BrN3O2/c1-9(10-3-2-4-11(15)7-10)16-8-13(19)18-14(20)17-12-5-6-12/h2-4,7,9,12,16H,5-6,8H2,1H3,(H2,17,18,19,20)/t9-/m0/s1. The van der Waals surface area contributed by atoms with Gasteiger partial charge in [-0.15, -0.1) is 0 Å². The van der Waals surface area contributed by atoms with Crippen molar-refractivity contribution in [2.75, 3.05) is 6.54 Å². The molecule has 5 nitrogen and oxygen atoms in total. The first kappa shape index (κ1) is 15.0. The third-order valence-corrected chi connectivity index (χ3v) is 3.58. The van der Waals surface area contributed by atoms with Crippen LogP contribution in [0.15, 0.2) is 28.7 Å². The lowest BCUT2D eigenvalue weighted by Gasteiger charge is -2.14. The Morgan fingerprint density at radius 2 is 2.15 bits per heavy atom. The fourth-order valence-electron chi connectivity index (χ4n) is 1.76. The Balaban J connectivity index is 1.73. The monoisotopic (exact) mass is 339 g/mol. The number of carbonyl (C=O) groups is 2. The fourth-order valence-corrected chi connectivity index (χ4v) is 2.18. The zero-order valence-corrected chi connectivity index (χ0v) is 12.9. The molecule has 0 aliphatic heterocycles. The van der Waals surface area contributed by atoms with E-state index >= 15 is 0 Å². The van der Waals surface area contributed by atoms with Gasteiger partial charge in [-0.3, -0.25) is 10.1 Å². The molecule has 2 rings (SSSR count). The summed E-state index contributed by atoms with van der Waals surface area (Å²) in [7, 11) is 0. The van der Waals surface area contributed by atoms with Gasteiger partial charge in [0.2, 0.25) is 5.91 Å². The van der Waals surface area contributed by atoms with Crippen LogP contribution in [0.5, 0.6) is 0 Å². The number of imide groups is 1. The van der Waals surface area contributed by atoms with Crippen molar-refractivity contribution in [3.8, 4) is 0 Å². The van der Waals surface area contributed by atoms with E-state index in [1.54, 1.807) is 0 Å². The van der Waals surface area contributed by atoms with Gasteiger partial charge in [0, 0.05) is 16.6 Å². The second kappa shape index (κ2) is 6.85. The summed E-state index contributed by atoms with van der Waals surface area (Å²) in [6, 6.07) is 7.75. The van der Waals surface area contributed by atoms with Crippen molar-refractivity contribution in [1.82, 2.24) is 16.0 Å². The van der Waals surface area contributed by atoms with Gasteiger partial charge in [0.1, 0.15) is 0 Å². The highest BCUT2D eigenvalue weighted by atomic mass is 79.9. The van der Waals surface area contributed by atoms with E-state index in [1.807, 2.05) is 31.2 Å². The Bertz CT molecular complexity index is 503. The van der Waals surface area contributed by atoms with Gasteiger partial charge in [0.15, 0.2) is 0 Å². The minimum Gasteiger partial charge on any atom is -0.335 e. The Kier molecular flexibility index (Phi) is 5.14. The average Bonchev–Trinajstić information content (AvgIpc) is 3.19. The average molecular weight is 340 g/mol. The van der Waals surface area contributed by atoms with Crippen molar-refractivity contribution in [3.05, 3.63) is 34.3 Å². The lowest BCUT2D eigenvalue weighted by atomic mass is 10.1. The van der Waals surface area contributed by atoms with Crippen LogP contribution in [-0.2, 0) is 4.79 Å². The van der Waals surface area contributed by atoms with E-state index in [2.05, 4.69) is 31.9 Å². The van der Waals surface area contributed by atoms with E-state index in [-0.39, 0.29) is 24.5 Å². The minimum absolute atomic E-state index is 0.0322. The van der Waals surface area contributed by atoms with E-state index in [0.717, 1.165) is 22.9 Å². The van der Waals surface area contributed by atoms with Crippen molar-refractivity contribution in [2.24, 2.45) is 0 Å². The summed E-state index contributed by atoms with van der Waals surface area (Å²) in [6.07, 6.45) is 2.00. The molecule has 0 radical (unpaired) electrons. The Morgan fingerprint density at radius 1 is 1.40 bits per heavy atom. The summed E-state index contributed by atoms with van der Waals surface area (Å²) in [5, 5.41) is 8.10. The molecule has 1 aliphatic carbocycles. The number of nitrogens with one attached hydrogen (secondary N) is 3. The molecule has 0 aromatic heterocycles. The van der Waals surface area contributed by atoms with Gasteiger partial charge in [-0.05, 0) is 37.5 Å². The molecule has 0 heterocycles. The van der Waals surface area contributed by atoms with Crippen molar-refractivity contribution in [3.63, 3.8) is 0 Å². The Labute approximate surface area is 126 Å². The van der Waals surface area contributed by atoms with Gasteiger partial charge in [0.25, 0.3) is 0 Å². The normalized spacial score (nSPS) is 15.5. The Morgan fingerprint density at radius 3 is 2.80 bits per heavy atom. The molecule has 1 atom stereocenters. The molecule has 20 heavy (non-hydrogen) atoms. The maximum Gasteiger partial charge on any atom is 0.321 e. The third kappa shape index (κ3) is 4.94. The summed E-state index contributed by atoms with van der Waals surface area (Å²) in [6.45, 7) is 2.07. The predicted octanol–water partition coefficient (Wildman–Crippen LogP) is 2.09. The first-order chi connectivity index (χ1) is 9.54. The fraction of sp³-hybridized carbons (Fsp3) is 0.429. The van der Waals surface area contributed by atoms with Crippen molar-refractivity contribution in [1.29, 1.82) is 0 Å². The topological polar surface area (TPSA) is 70.2 Å². The maximum atomic E-state index is 11.6. The summed E-state index contributed by atoms with van der Waals surface area (Å²) in [5.41, 5.74) is 1.08. The molecule has 1 fully saturated rings. The van der Waals surface area contributed by atoms with Gasteiger partial charge in [-0.25, -0.2) is 4.79 Å². The third-order valence-electron chi connectivity index (χ3n) is 3.08. The lowest BCUT2D eigenvalue weighted by Crippen LogP contribution is -2.44. The van der Waals surface area contributed by atoms with Gasteiger partial charge in [-0.2, -0.15) is 0 Å². The van der Waals surface area contributed by atoms with E-state index in [4.69, 9.17) is 0 Å². The number of amides is 3. The van der Waals surface area contributed by atoms with Crippen molar-refractivity contribution >= 4 is 27.9 Å². The first-order valence-electron chi connectivity index (χ1n) is 6.64. The van der Waals surface area contributed by atoms with Crippen LogP contribution < -0.4 is 16.0 Å². The van der Waals surface area contributed by atoms with Crippen LogP contribution in [0.1, 0.15) is 31.4 Å². The van der Waals surface area contributed by atoms with E-state index in [0.29, 0.717) is 0 Å². The molecular weight excluding hydrogens is 322 g/mol. The molecule has 1 saturated carbocycles. The summed E-state index contributed by atoms with van der Waals surface area (Å²) >= 11 is 3.41. The molecule has 0 bridgehead atoms. The Hall–Kier alpha value is -1.40. The molecule has 3 N–H and O–H groups in total. The zero-order chi connectivity index (χ0) is 14.5. The van der Waals surface area contributed by atoms with Gasteiger partial charge in [0.05, 0.1) is 6.54 Å². The summed E-state index contributed by atoms with van der Waals surface area (Å²) < 4.78 is 0.997. The second-order valence-electron chi connectivity index (χ2n) is 4.95. The van der Waals surface area contributed by atoms with Crippen molar-refractivity contribution in [2.45, 2.75) is 31.8 Å². The van der Waals surface area contributed by atoms with Gasteiger partial charge < -0.3 is 10.6 Å². The molecule has 6 heteroatoms. The van der Waals surface area contributed by atoms with Crippen LogP contribution in [0.4, 0.5) is 4.79 Å². The number of carbonyl (C=O) groups excluding carboxylic acids is 2. The molecule has 0 unspecified atom stereocenters. The molecule has 1 aromatic carbocycles. The number of urea groups is 1. The summed E-state index contributed by atoms with van der Waals surface area (Å²) in [5.74, 6) is -0.329. The molecule has 0 spiro atoms. The maximum absolute atomic E-state index is 11.6. The largest absolute Gasteiger partial charge is 0.335 e. The predicted molar refractivity (Wildman–Crippen MR) is 80.3 cm³/mol. The molecule has 1 aromatic rings. The number of hydrogen-bond acceptors (Lipinski definition) is 3. The van der Waals surface area contributed by atoms with Crippen LogP contribution in [0.25, 0.3) is 0 Å². The van der Waals surface area contributed by atoms with E-state index in [1.165, 1.54) is 0 Å². The highest BCUT2D eigenvalue weighted by molar-refractivity contribution is 9.10. The highest BCUT2D eigenvalue weighted by Gasteiger charge is 2.23. The molecule has 1 aliphatic rings. The smallest absolute Gasteiger partial charge is 0.321 e. The molecule has 3 amide bonds. The highest BCUT2D eigenvalue weighted by Crippen LogP contribution is 2.18. The van der Waals surface area contributed by atoms with Crippen LogP contribution in [-0.4, -0.2) is 24.5 Å². The van der Waals surface area contributed by atoms with Gasteiger partial charge in [-0.1, -0.05) is 28.1 Å². The van der Waals surface area contributed by atoms with Crippen LogP contribution in [0.2, 0.25) is 0 Å². The summed E-state index contributed by atoms with van der Waals surface area (Å²) in [4.78, 5) is 23.0. The number of benzene rings is 1. The zero-order valence-electron chi connectivity index (χ0n) is 11.3. The van der Waals surface area contributed by atoms with Crippen LogP contribution in [0, 0.1) is 0 Å². The molecular formula is C14H18BrN3O2. The van der Waals surface area contributed by atoms with Crippen LogP contribution >= 0.6 is 15.9 Å². The SMILES string of the molecule is C[C@H](NCC(=O)NC(=O)NC1CC1)c1cccc(Br)c1. The van der Waals surface area contributed by atoms with Gasteiger partial charge >= 0.3 is 6.03 Å². The van der Waals surface area contributed by atoms with Crippen LogP contribution in [0.3, 0.4) is 0 Å². The quantitative estimate of drug-likeness (QED) is 0.769. The second-order valence-corrected chi connectivity index (χ2v) is 5.87. The van der Waals surface area contributed by atoms with Crippen molar-refractivity contribution < 1.29 is 9.59 Å². The molecule has 108 valence electrons. The van der Waals surface area contributed by atoms with E-state index in [9.17, 15) is 9.59 Å². The lowest BCUT2D eigenvalue weighted by molar-refractivity contribution is -0.119. The van der Waals surface area contributed by atoms with E-state index < -0.39 is 6.03 Å². The number of halogens is 1. The number of rotatable bonds is 5.